The van der Waals surface area contributed by atoms with Gasteiger partial charge >= 0.3 is 0 Å². The number of nitrogens with one attached hydrogen (secondary N) is 1. The Kier molecular flexibility index (Phi) is 3.79. The van der Waals surface area contributed by atoms with Crippen LogP contribution in [0.1, 0.15) is 38.9 Å². The number of aromatic nitrogens is 2. The van der Waals surface area contributed by atoms with Crippen molar-refractivity contribution in [3.05, 3.63) is 16.5 Å². The van der Waals surface area contributed by atoms with Gasteiger partial charge in [0.2, 0.25) is 0 Å². The average Bonchev–Trinajstić information content (AvgIpc) is 2.15. The lowest BCUT2D eigenvalue weighted by Crippen LogP contribution is -2.34. The standard InChI is InChI=1S/C12H18BrN3/c1-3-4-11-15-10(13)7-12(16-11)14-9-5-8(2)6-9/h7-9H,3-6H2,1-2H3,(H,14,15,16). The van der Waals surface area contributed by atoms with Gasteiger partial charge in [-0.1, -0.05) is 13.8 Å². The van der Waals surface area contributed by atoms with Crippen molar-refractivity contribution < 1.29 is 0 Å². The van der Waals surface area contributed by atoms with Gasteiger partial charge in [0.1, 0.15) is 16.2 Å². The number of hydrogen-bond donors (Lipinski definition) is 1. The molecule has 3 nitrogen and oxygen atoms in total. The summed E-state index contributed by atoms with van der Waals surface area (Å²) in [6, 6.07) is 2.56. The predicted octanol–water partition coefficient (Wildman–Crippen LogP) is 3.40. The lowest BCUT2D eigenvalue weighted by molar-refractivity contribution is 0.308. The van der Waals surface area contributed by atoms with E-state index >= 15 is 0 Å². The molecule has 1 aliphatic rings. The van der Waals surface area contributed by atoms with Crippen LogP contribution in [0.15, 0.2) is 10.7 Å². The minimum absolute atomic E-state index is 0.603. The van der Waals surface area contributed by atoms with Gasteiger partial charge in [0.05, 0.1) is 0 Å². The lowest BCUT2D eigenvalue weighted by Gasteiger charge is -2.33. The molecule has 0 aliphatic heterocycles. The largest absolute Gasteiger partial charge is 0.367 e. The van der Waals surface area contributed by atoms with Crippen LogP contribution >= 0.6 is 15.9 Å². The fraction of sp³-hybridized carbons (Fsp3) is 0.667. The highest BCUT2D eigenvalue weighted by atomic mass is 79.9. The summed E-state index contributed by atoms with van der Waals surface area (Å²) < 4.78 is 0.876. The first-order chi connectivity index (χ1) is 7.67. The van der Waals surface area contributed by atoms with Gasteiger partial charge in [-0.25, -0.2) is 9.97 Å². The molecule has 0 atom stereocenters. The molecule has 88 valence electrons. The fourth-order valence-electron chi connectivity index (χ4n) is 2.10. The second-order valence-electron chi connectivity index (χ2n) is 4.66. The highest BCUT2D eigenvalue weighted by Gasteiger charge is 2.25. The van der Waals surface area contributed by atoms with Crippen LogP contribution in [0.25, 0.3) is 0 Å². The zero-order valence-corrected chi connectivity index (χ0v) is 11.4. The number of aryl methyl sites for hydroxylation is 1. The third kappa shape index (κ3) is 2.94. The Morgan fingerprint density at radius 2 is 2.19 bits per heavy atom. The van der Waals surface area contributed by atoms with E-state index in [1.165, 1.54) is 12.8 Å². The van der Waals surface area contributed by atoms with E-state index in [0.717, 1.165) is 35.0 Å². The predicted molar refractivity (Wildman–Crippen MR) is 69.5 cm³/mol. The van der Waals surface area contributed by atoms with Crippen LogP contribution in [-0.2, 0) is 6.42 Å². The molecule has 4 heteroatoms. The third-order valence-electron chi connectivity index (χ3n) is 2.94. The van der Waals surface area contributed by atoms with E-state index in [1.54, 1.807) is 0 Å². The van der Waals surface area contributed by atoms with Gasteiger partial charge in [-0.15, -0.1) is 0 Å². The van der Waals surface area contributed by atoms with E-state index in [0.29, 0.717) is 6.04 Å². The van der Waals surface area contributed by atoms with E-state index in [9.17, 15) is 0 Å². The quantitative estimate of drug-likeness (QED) is 0.861. The van der Waals surface area contributed by atoms with Crippen molar-refractivity contribution in [3.63, 3.8) is 0 Å². The van der Waals surface area contributed by atoms with Crippen molar-refractivity contribution in [3.8, 4) is 0 Å². The van der Waals surface area contributed by atoms with E-state index < -0.39 is 0 Å². The Labute approximate surface area is 105 Å². The first-order valence-electron chi connectivity index (χ1n) is 5.97. The highest BCUT2D eigenvalue weighted by Crippen LogP contribution is 2.29. The zero-order chi connectivity index (χ0) is 11.5. The van der Waals surface area contributed by atoms with Crippen LogP contribution < -0.4 is 5.32 Å². The summed E-state index contributed by atoms with van der Waals surface area (Å²) in [6.07, 6.45) is 4.53. The van der Waals surface area contributed by atoms with Gasteiger partial charge in [0.15, 0.2) is 0 Å². The number of nitrogens with zero attached hydrogens (tertiary/aromatic N) is 2. The maximum Gasteiger partial charge on any atom is 0.132 e. The summed E-state index contributed by atoms with van der Waals surface area (Å²) in [5.74, 6) is 2.74. The smallest absolute Gasteiger partial charge is 0.132 e. The zero-order valence-electron chi connectivity index (χ0n) is 9.83. The molecule has 0 spiro atoms. The maximum atomic E-state index is 4.52. The van der Waals surface area contributed by atoms with Crippen molar-refractivity contribution in [2.75, 3.05) is 5.32 Å². The number of rotatable bonds is 4. The van der Waals surface area contributed by atoms with Crippen molar-refractivity contribution in [1.29, 1.82) is 0 Å². The summed E-state index contributed by atoms with van der Waals surface area (Å²) in [6.45, 7) is 4.43. The molecule has 1 aliphatic carbocycles. The van der Waals surface area contributed by atoms with Gasteiger partial charge in [-0.05, 0) is 41.1 Å². The van der Waals surface area contributed by atoms with Crippen LogP contribution in [0.3, 0.4) is 0 Å². The number of halogens is 1. The van der Waals surface area contributed by atoms with Crippen molar-refractivity contribution >= 4 is 21.7 Å². The minimum Gasteiger partial charge on any atom is -0.367 e. The van der Waals surface area contributed by atoms with Crippen molar-refractivity contribution in [2.24, 2.45) is 5.92 Å². The normalized spacial score (nSPS) is 23.9. The summed E-state index contributed by atoms with van der Waals surface area (Å²) in [7, 11) is 0. The number of hydrogen-bond acceptors (Lipinski definition) is 3. The van der Waals surface area contributed by atoms with Gasteiger partial charge < -0.3 is 5.32 Å². The second kappa shape index (κ2) is 5.13. The summed E-state index contributed by atoms with van der Waals surface area (Å²) >= 11 is 3.43. The van der Waals surface area contributed by atoms with Crippen LogP contribution in [0.4, 0.5) is 5.82 Å². The Hall–Kier alpha value is -0.640. The van der Waals surface area contributed by atoms with E-state index in [-0.39, 0.29) is 0 Å². The lowest BCUT2D eigenvalue weighted by atomic mass is 9.82. The van der Waals surface area contributed by atoms with Crippen molar-refractivity contribution in [1.82, 2.24) is 9.97 Å². The van der Waals surface area contributed by atoms with Crippen LogP contribution in [0.2, 0.25) is 0 Å². The molecule has 0 unspecified atom stereocenters. The summed E-state index contributed by atoms with van der Waals surface area (Å²) in [4.78, 5) is 8.87. The molecule has 0 bridgehead atoms. The molecule has 0 amide bonds. The van der Waals surface area contributed by atoms with Crippen molar-refractivity contribution in [2.45, 2.75) is 45.6 Å². The minimum atomic E-state index is 0.603. The van der Waals surface area contributed by atoms with Crippen LogP contribution in [0, 0.1) is 5.92 Å². The average molecular weight is 284 g/mol. The molecule has 1 heterocycles. The molecule has 0 saturated heterocycles. The Morgan fingerprint density at radius 3 is 2.81 bits per heavy atom. The molecule has 1 saturated carbocycles. The first kappa shape index (κ1) is 11.8. The Morgan fingerprint density at radius 1 is 1.44 bits per heavy atom. The number of anilines is 1. The molecule has 1 aromatic heterocycles. The first-order valence-corrected chi connectivity index (χ1v) is 6.76. The Bertz CT molecular complexity index is 361. The molecule has 1 fully saturated rings. The molecular formula is C12H18BrN3. The highest BCUT2D eigenvalue weighted by molar-refractivity contribution is 9.10. The van der Waals surface area contributed by atoms with E-state index in [4.69, 9.17) is 0 Å². The van der Waals surface area contributed by atoms with Gasteiger partial charge in [0, 0.05) is 18.5 Å². The topological polar surface area (TPSA) is 37.8 Å². The third-order valence-corrected chi connectivity index (χ3v) is 3.35. The van der Waals surface area contributed by atoms with E-state index in [1.807, 2.05) is 6.07 Å². The SMILES string of the molecule is CCCc1nc(Br)cc(NC2CC(C)C2)n1. The monoisotopic (exact) mass is 283 g/mol. The van der Waals surface area contributed by atoms with Gasteiger partial charge in [-0.3, -0.25) is 0 Å². The molecular weight excluding hydrogens is 266 g/mol. The summed E-state index contributed by atoms with van der Waals surface area (Å²) in [5.41, 5.74) is 0. The van der Waals surface area contributed by atoms with Gasteiger partial charge in [0.25, 0.3) is 0 Å². The fourth-order valence-corrected chi connectivity index (χ4v) is 2.52. The second-order valence-corrected chi connectivity index (χ2v) is 5.47. The van der Waals surface area contributed by atoms with E-state index in [2.05, 4.69) is 45.1 Å². The Balaban J connectivity index is 2.02. The molecule has 0 aromatic carbocycles. The van der Waals surface area contributed by atoms with Crippen LogP contribution in [-0.4, -0.2) is 16.0 Å². The molecule has 1 N–H and O–H groups in total. The van der Waals surface area contributed by atoms with Crippen LogP contribution in [0.5, 0.6) is 0 Å². The molecule has 1 aromatic rings. The maximum absolute atomic E-state index is 4.52. The summed E-state index contributed by atoms with van der Waals surface area (Å²) in [5, 5.41) is 3.47. The van der Waals surface area contributed by atoms with Gasteiger partial charge in [-0.2, -0.15) is 0 Å². The molecule has 0 radical (unpaired) electrons. The molecule has 16 heavy (non-hydrogen) atoms. The molecule has 2 rings (SSSR count).